The molecule has 224 valence electrons. The van der Waals surface area contributed by atoms with E-state index in [9.17, 15) is 87.4 Å². The number of halogens is 18. The molecule has 0 fully saturated rings. The van der Waals surface area contributed by atoms with Gasteiger partial charge in [0.05, 0.1) is 36.3 Å². The highest BCUT2D eigenvalue weighted by atomic mass is 32.3. The Morgan fingerprint density at radius 3 is 0.622 bits per heavy atom. The van der Waals surface area contributed by atoms with Crippen molar-refractivity contribution in [3.8, 4) is 0 Å². The molecule has 25 heteroatoms. The molecule has 0 aliphatic heterocycles. The van der Waals surface area contributed by atoms with Crippen molar-refractivity contribution in [3.63, 3.8) is 0 Å². The Hall–Kier alpha value is -0.956. The fraction of sp³-hybridized carbons (Fsp3) is 1.00. The van der Waals surface area contributed by atoms with Gasteiger partial charge in [0.15, 0.2) is 0 Å². The van der Waals surface area contributed by atoms with Crippen molar-refractivity contribution < 1.29 is 95.2 Å². The smallest absolute Gasteiger partial charge is 0.293 e. The van der Waals surface area contributed by atoms with E-state index in [2.05, 4.69) is 7.74 Å². The van der Waals surface area contributed by atoms with E-state index in [1.165, 1.54) is 0 Å². The van der Waals surface area contributed by atoms with E-state index < -0.39 is 100 Å². The maximum Gasteiger partial charge on any atom is 0.389 e. The lowest BCUT2D eigenvalue weighted by Crippen LogP contribution is -2.54. The topological polar surface area (TPSA) is 52.6 Å². The Morgan fingerprint density at radius 2 is 0.514 bits per heavy atom. The molecule has 0 aliphatic carbocycles. The van der Waals surface area contributed by atoms with E-state index in [0.29, 0.717) is 0 Å². The maximum atomic E-state index is 12.8. The van der Waals surface area contributed by atoms with Gasteiger partial charge in [0.2, 0.25) is 16.6 Å². The molecule has 0 aliphatic rings. The summed E-state index contributed by atoms with van der Waals surface area (Å²) in [5.41, 5.74) is 0. The second-order valence-electron chi connectivity index (χ2n) is 7.69. The summed E-state index contributed by atoms with van der Waals surface area (Å²) in [5.74, 6) is 0. The van der Waals surface area contributed by atoms with Crippen LogP contribution in [0, 0.1) is 0 Å². The van der Waals surface area contributed by atoms with E-state index in [1.54, 1.807) is 0 Å². The summed E-state index contributed by atoms with van der Waals surface area (Å²) in [5, 5.41) is 0. The summed E-state index contributed by atoms with van der Waals surface area (Å²) < 4.78 is 262. The van der Waals surface area contributed by atoms with E-state index in [4.69, 9.17) is 0 Å². The first-order valence-electron chi connectivity index (χ1n) is 8.72. The maximum absolute atomic E-state index is 12.8. The van der Waals surface area contributed by atoms with Crippen LogP contribution in [0.2, 0.25) is 36.3 Å². The van der Waals surface area contributed by atoms with Crippen molar-refractivity contribution in [2.24, 2.45) is 0 Å². The van der Waals surface area contributed by atoms with Gasteiger partial charge in [0.1, 0.15) is 0 Å². The van der Waals surface area contributed by atoms with Gasteiger partial charge in [-0.2, -0.15) is 87.4 Å². The van der Waals surface area contributed by atoms with Crippen molar-refractivity contribution in [3.05, 3.63) is 0 Å². The van der Waals surface area contributed by atoms with Gasteiger partial charge in [-0.15, -0.1) is 0 Å². The Balaban J connectivity index is 6.95. The predicted molar refractivity (Wildman–Crippen MR) is 87.8 cm³/mol. The number of alkyl halides is 18. The first-order valence-corrected chi connectivity index (χ1v) is 15.1. The Labute approximate surface area is 196 Å². The van der Waals surface area contributed by atoms with Gasteiger partial charge >= 0.3 is 47.5 Å². The largest absolute Gasteiger partial charge is 0.389 e. The van der Waals surface area contributed by atoms with Crippen LogP contribution in [0.25, 0.3) is 0 Å². The third kappa shape index (κ3) is 17.3. The molecule has 0 spiro atoms. The van der Waals surface area contributed by atoms with Crippen LogP contribution in [0.15, 0.2) is 0 Å². The van der Waals surface area contributed by atoms with Gasteiger partial charge < -0.3 is 0 Å². The van der Waals surface area contributed by atoms with Crippen LogP contribution in [-0.4, -0.2) is 62.1 Å². The van der Waals surface area contributed by atoms with E-state index in [1.807, 2.05) is 0 Å². The minimum Gasteiger partial charge on any atom is -0.293 e. The summed E-state index contributed by atoms with van der Waals surface area (Å²) in [6.07, 6.45) is -36.5. The number of rotatable bonds is 10. The fourth-order valence-corrected chi connectivity index (χ4v) is 13.6. The molecular formula is C12H12F18O4SSi2. The lowest BCUT2D eigenvalue weighted by atomic mass is 10.7. The standard InChI is InChI=1S/C12H12F18O4SSi2/c13-7(14,15)1-36(2-8(16,17)18,3-9(19,20)21)33-35(31,32)34-37(4-10(22,23)24,5-11(25,26)27)6-12(28,29)30/h1-6H2. The lowest BCUT2D eigenvalue weighted by Gasteiger charge is -2.36. The Bertz CT molecular complexity index is 705. The molecular weight excluding hydrogens is 638 g/mol. The number of hydrogen-bond acceptors (Lipinski definition) is 4. The van der Waals surface area contributed by atoms with Crippen molar-refractivity contribution in [1.82, 2.24) is 0 Å². The average molecular weight is 650 g/mol. The predicted octanol–water partition coefficient (Wildman–Crippen LogP) is 7.53. The quantitative estimate of drug-likeness (QED) is 0.181. The van der Waals surface area contributed by atoms with Gasteiger partial charge in [-0.3, -0.25) is 7.74 Å². The van der Waals surface area contributed by atoms with E-state index >= 15 is 0 Å². The zero-order chi connectivity index (χ0) is 30.2. The highest BCUT2D eigenvalue weighted by Crippen LogP contribution is 2.47. The molecule has 0 aromatic heterocycles. The Morgan fingerprint density at radius 1 is 0.378 bits per heavy atom. The zero-order valence-electron chi connectivity index (χ0n) is 17.1. The minimum atomic E-state index is -7.21. The minimum absolute atomic E-state index is 3.31. The second kappa shape index (κ2) is 10.9. The normalized spacial score (nSPS) is 15.8. The van der Waals surface area contributed by atoms with Gasteiger partial charge in [0.25, 0.3) is 0 Å². The van der Waals surface area contributed by atoms with Gasteiger partial charge in [0, 0.05) is 0 Å². The zero-order valence-corrected chi connectivity index (χ0v) is 19.9. The summed E-state index contributed by atoms with van der Waals surface area (Å²) >= 11 is 0. The molecule has 0 aromatic rings. The van der Waals surface area contributed by atoms with Gasteiger partial charge in [-0.25, -0.2) is 0 Å². The summed E-state index contributed by atoms with van der Waals surface area (Å²) in [6.45, 7) is 0. The molecule has 37 heavy (non-hydrogen) atoms. The SMILES string of the molecule is O=S(=O)(O[Si](CC(F)(F)F)(CC(F)(F)F)CC(F)(F)F)O[Si](CC(F)(F)F)(CC(F)(F)F)CC(F)(F)F. The molecule has 4 nitrogen and oxygen atoms in total. The monoisotopic (exact) mass is 650 g/mol. The molecule has 0 atom stereocenters. The van der Waals surface area contributed by atoms with Crippen LogP contribution < -0.4 is 0 Å². The molecule has 0 aromatic carbocycles. The molecule has 0 rings (SSSR count). The van der Waals surface area contributed by atoms with Crippen molar-refractivity contribution >= 4 is 27.0 Å². The Kier molecular flexibility index (Phi) is 10.6. The molecule has 0 radical (unpaired) electrons. The average Bonchev–Trinajstić information content (AvgIpc) is 2.29. The van der Waals surface area contributed by atoms with Crippen molar-refractivity contribution in [1.29, 1.82) is 0 Å². The summed E-state index contributed by atoms with van der Waals surface area (Å²) in [6, 6.07) is -20.0. The number of hydrogen-bond donors (Lipinski definition) is 0. The second-order valence-corrected chi connectivity index (χ2v) is 16.7. The van der Waals surface area contributed by atoms with Crippen LogP contribution in [0.5, 0.6) is 0 Å². The van der Waals surface area contributed by atoms with Crippen LogP contribution in [0.4, 0.5) is 79.0 Å². The molecule has 0 saturated heterocycles. The van der Waals surface area contributed by atoms with Crippen molar-refractivity contribution in [2.45, 2.75) is 73.3 Å². The summed E-state index contributed by atoms with van der Waals surface area (Å²) in [4.78, 5) is 0. The van der Waals surface area contributed by atoms with Crippen LogP contribution in [0.1, 0.15) is 0 Å². The lowest BCUT2D eigenvalue weighted by molar-refractivity contribution is -0.132. The fourth-order valence-electron chi connectivity index (χ4n) is 3.19. The first-order chi connectivity index (χ1) is 15.7. The van der Waals surface area contributed by atoms with Gasteiger partial charge in [-0.1, -0.05) is 0 Å². The molecule has 0 unspecified atom stereocenters. The molecule has 0 bridgehead atoms. The first kappa shape index (κ1) is 36.0. The molecule has 0 N–H and O–H groups in total. The third-order valence-corrected chi connectivity index (χ3v) is 14.4. The third-order valence-electron chi connectivity index (χ3n) is 3.69. The van der Waals surface area contributed by atoms with Gasteiger partial charge in [-0.05, 0) is 0 Å². The highest BCUT2D eigenvalue weighted by Gasteiger charge is 2.63. The van der Waals surface area contributed by atoms with Crippen LogP contribution >= 0.6 is 0 Å². The van der Waals surface area contributed by atoms with E-state index in [0.717, 1.165) is 0 Å². The van der Waals surface area contributed by atoms with Crippen LogP contribution in [0.3, 0.4) is 0 Å². The highest BCUT2D eigenvalue weighted by molar-refractivity contribution is 7.84. The van der Waals surface area contributed by atoms with Crippen molar-refractivity contribution in [2.75, 3.05) is 0 Å². The molecule has 0 saturated carbocycles. The molecule has 0 amide bonds. The van der Waals surface area contributed by atoms with Crippen LogP contribution in [-0.2, 0) is 18.1 Å². The van der Waals surface area contributed by atoms with E-state index in [-0.39, 0.29) is 0 Å². The molecule has 0 heterocycles. The summed E-state index contributed by atoms with van der Waals surface area (Å²) in [7, 11) is -21.3.